The molecule has 2 aromatic heterocycles. The van der Waals surface area contributed by atoms with E-state index in [4.69, 9.17) is 0 Å². The minimum absolute atomic E-state index is 0.0121. The lowest BCUT2D eigenvalue weighted by atomic mass is 10.1. The number of pyridine rings is 1. The van der Waals surface area contributed by atoms with Gasteiger partial charge in [-0.05, 0) is 43.3 Å². The summed E-state index contributed by atoms with van der Waals surface area (Å²) in [5.41, 5.74) is 2.43. The summed E-state index contributed by atoms with van der Waals surface area (Å²) in [7, 11) is 0. The van der Waals surface area contributed by atoms with Gasteiger partial charge in [-0.1, -0.05) is 35.5 Å². The first kappa shape index (κ1) is 20.2. The molecule has 0 spiro atoms. The lowest BCUT2D eigenvalue weighted by molar-refractivity contribution is 0.193. The average Bonchev–Trinajstić information content (AvgIpc) is 3.17. The van der Waals surface area contributed by atoms with Gasteiger partial charge in [0, 0.05) is 29.4 Å². The van der Waals surface area contributed by atoms with E-state index in [2.05, 4.69) is 15.2 Å². The molecule has 152 valence electrons. The van der Waals surface area contributed by atoms with Gasteiger partial charge in [-0.3, -0.25) is 9.55 Å². The molecule has 2 aromatic carbocycles. The number of rotatable bonds is 6. The molecule has 0 radical (unpaired) electrons. The van der Waals surface area contributed by atoms with Gasteiger partial charge in [0.2, 0.25) is 0 Å². The molecule has 0 fully saturated rings. The van der Waals surface area contributed by atoms with Gasteiger partial charge < -0.3 is 5.11 Å². The highest BCUT2D eigenvalue weighted by Gasteiger charge is 2.21. The molecular formula is C22H18F2N4OS. The van der Waals surface area contributed by atoms with E-state index >= 15 is 0 Å². The summed E-state index contributed by atoms with van der Waals surface area (Å²) < 4.78 is 29.8. The van der Waals surface area contributed by atoms with Crippen molar-refractivity contribution in [2.24, 2.45) is 0 Å². The van der Waals surface area contributed by atoms with Crippen molar-refractivity contribution in [1.82, 2.24) is 19.7 Å². The zero-order valence-corrected chi connectivity index (χ0v) is 16.9. The molecule has 0 amide bonds. The molecule has 1 unspecified atom stereocenters. The van der Waals surface area contributed by atoms with Crippen LogP contribution in [0.25, 0.3) is 17.1 Å². The molecule has 4 aromatic rings. The van der Waals surface area contributed by atoms with Crippen LogP contribution in [0, 0.1) is 18.6 Å². The first-order chi connectivity index (χ1) is 14.5. The molecule has 5 nitrogen and oxygen atoms in total. The molecule has 1 atom stereocenters. The Morgan fingerprint density at radius 1 is 0.967 bits per heavy atom. The quantitative estimate of drug-likeness (QED) is 0.453. The SMILES string of the molecule is Cc1ccc(-n2c(SCC(O)c3c(F)cccc3F)nnc2-c2ccncc2)cc1. The van der Waals surface area contributed by atoms with E-state index in [0.29, 0.717) is 11.0 Å². The summed E-state index contributed by atoms with van der Waals surface area (Å²) >= 11 is 1.17. The standard InChI is InChI=1S/C22H18F2N4OS/c1-14-5-7-16(8-6-14)28-21(15-9-11-25-12-10-15)26-27-22(28)30-13-19(29)20-17(23)3-2-4-18(20)24/h2-12,19,29H,13H2,1H3. The van der Waals surface area contributed by atoms with Gasteiger partial charge in [0.05, 0.1) is 11.7 Å². The van der Waals surface area contributed by atoms with Crippen molar-refractivity contribution in [2.75, 3.05) is 5.75 Å². The van der Waals surface area contributed by atoms with E-state index in [9.17, 15) is 13.9 Å². The number of aryl methyl sites for hydroxylation is 1. The Bertz CT molecular complexity index is 1130. The summed E-state index contributed by atoms with van der Waals surface area (Å²) in [6, 6.07) is 15.0. The van der Waals surface area contributed by atoms with Crippen molar-refractivity contribution in [3.63, 3.8) is 0 Å². The first-order valence-electron chi connectivity index (χ1n) is 9.22. The number of aliphatic hydroxyl groups is 1. The third-order valence-electron chi connectivity index (χ3n) is 4.57. The predicted octanol–water partition coefficient (Wildman–Crippen LogP) is 4.74. The van der Waals surface area contributed by atoms with Crippen LogP contribution < -0.4 is 0 Å². The Hall–Kier alpha value is -3.10. The zero-order valence-electron chi connectivity index (χ0n) is 16.0. The fraction of sp³-hybridized carbons (Fsp3) is 0.136. The maximum atomic E-state index is 14.0. The van der Waals surface area contributed by atoms with Crippen molar-refractivity contribution >= 4 is 11.8 Å². The topological polar surface area (TPSA) is 63.8 Å². The predicted molar refractivity (Wildman–Crippen MR) is 111 cm³/mol. The van der Waals surface area contributed by atoms with Crippen molar-refractivity contribution in [3.8, 4) is 17.1 Å². The van der Waals surface area contributed by atoms with Crippen LogP contribution in [0.5, 0.6) is 0 Å². The normalized spacial score (nSPS) is 12.1. The molecule has 0 bridgehead atoms. The summed E-state index contributed by atoms with van der Waals surface area (Å²) in [6.45, 7) is 1.99. The highest BCUT2D eigenvalue weighted by atomic mass is 32.2. The van der Waals surface area contributed by atoms with Crippen LogP contribution in [0.4, 0.5) is 8.78 Å². The maximum Gasteiger partial charge on any atom is 0.196 e. The van der Waals surface area contributed by atoms with Crippen LogP contribution in [-0.4, -0.2) is 30.6 Å². The Balaban J connectivity index is 1.68. The van der Waals surface area contributed by atoms with Gasteiger partial charge in [0.25, 0.3) is 0 Å². The van der Waals surface area contributed by atoms with Crippen molar-refractivity contribution in [2.45, 2.75) is 18.2 Å². The number of aromatic nitrogens is 4. The van der Waals surface area contributed by atoms with Gasteiger partial charge in [0.1, 0.15) is 11.6 Å². The maximum absolute atomic E-state index is 14.0. The molecule has 0 saturated heterocycles. The van der Waals surface area contributed by atoms with E-state index in [0.717, 1.165) is 28.9 Å². The molecule has 1 N–H and O–H groups in total. The highest BCUT2D eigenvalue weighted by molar-refractivity contribution is 7.99. The smallest absolute Gasteiger partial charge is 0.196 e. The fourth-order valence-corrected chi connectivity index (χ4v) is 3.94. The van der Waals surface area contributed by atoms with Gasteiger partial charge in [0.15, 0.2) is 11.0 Å². The van der Waals surface area contributed by atoms with E-state index < -0.39 is 17.7 Å². The van der Waals surface area contributed by atoms with Gasteiger partial charge >= 0.3 is 0 Å². The molecule has 0 aliphatic carbocycles. The highest BCUT2D eigenvalue weighted by Crippen LogP contribution is 2.31. The number of benzene rings is 2. The Kier molecular flexibility index (Phi) is 5.87. The van der Waals surface area contributed by atoms with Gasteiger partial charge in [-0.2, -0.15) is 0 Å². The van der Waals surface area contributed by atoms with Crippen molar-refractivity contribution in [1.29, 1.82) is 0 Å². The fourth-order valence-electron chi connectivity index (χ4n) is 3.04. The second-order valence-corrected chi connectivity index (χ2v) is 7.66. The number of hydrogen-bond donors (Lipinski definition) is 1. The minimum Gasteiger partial charge on any atom is -0.387 e. The average molecular weight is 424 g/mol. The number of nitrogens with zero attached hydrogens (tertiary/aromatic N) is 4. The number of thioether (sulfide) groups is 1. The van der Waals surface area contributed by atoms with E-state index in [1.165, 1.54) is 17.8 Å². The van der Waals surface area contributed by atoms with Gasteiger partial charge in [-0.25, -0.2) is 8.78 Å². The van der Waals surface area contributed by atoms with Crippen molar-refractivity contribution in [3.05, 3.63) is 89.8 Å². The van der Waals surface area contributed by atoms with Crippen LogP contribution >= 0.6 is 11.8 Å². The van der Waals surface area contributed by atoms with Crippen LogP contribution in [0.15, 0.2) is 72.1 Å². The summed E-state index contributed by atoms with van der Waals surface area (Å²) in [5, 5.41) is 19.5. The monoisotopic (exact) mass is 424 g/mol. The van der Waals surface area contributed by atoms with Crippen LogP contribution in [0.3, 0.4) is 0 Å². The summed E-state index contributed by atoms with van der Waals surface area (Å²) in [5.74, 6) is -0.936. The molecule has 0 aliphatic heterocycles. The minimum atomic E-state index is -1.33. The molecule has 0 saturated carbocycles. The number of hydrogen-bond acceptors (Lipinski definition) is 5. The lowest BCUT2D eigenvalue weighted by Crippen LogP contribution is -2.08. The molecule has 0 aliphatic rings. The summed E-state index contributed by atoms with van der Waals surface area (Å²) in [4.78, 5) is 4.03. The molecule has 30 heavy (non-hydrogen) atoms. The van der Waals surface area contributed by atoms with E-state index in [1.807, 2.05) is 47.9 Å². The molecular weight excluding hydrogens is 406 g/mol. The lowest BCUT2D eigenvalue weighted by Gasteiger charge is -2.14. The number of halogens is 2. The molecule has 8 heteroatoms. The first-order valence-corrected chi connectivity index (χ1v) is 10.2. The second-order valence-electron chi connectivity index (χ2n) is 6.68. The van der Waals surface area contributed by atoms with Crippen LogP contribution in [-0.2, 0) is 0 Å². The molecule has 2 heterocycles. The Labute approximate surface area is 176 Å². The van der Waals surface area contributed by atoms with E-state index in [-0.39, 0.29) is 11.3 Å². The molecule has 4 rings (SSSR count). The third-order valence-corrected chi connectivity index (χ3v) is 5.57. The Morgan fingerprint density at radius 2 is 1.63 bits per heavy atom. The Morgan fingerprint density at radius 3 is 2.30 bits per heavy atom. The third kappa shape index (κ3) is 4.10. The van der Waals surface area contributed by atoms with Crippen molar-refractivity contribution < 1.29 is 13.9 Å². The zero-order chi connectivity index (χ0) is 21.1. The van der Waals surface area contributed by atoms with Crippen LogP contribution in [0.2, 0.25) is 0 Å². The van der Waals surface area contributed by atoms with E-state index in [1.54, 1.807) is 12.4 Å². The van der Waals surface area contributed by atoms with Crippen LogP contribution in [0.1, 0.15) is 17.2 Å². The van der Waals surface area contributed by atoms with Gasteiger partial charge in [-0.15, -0.1) is 10.2 Å². The largest absolute Gasteiger partial charge is 0.387 e. The number of aliphatic hydroxyl groups excluding tert-OH is 1. The second kappa shape index (κ2) is 8.73. The summed E-state index contributed by atoms with van der Waals surface area (Å²) in [6.07, 6.45) is 2.01.